The van der Waals surface area contributed by atoms with Gasteiger partial charge in [-0.05, 0) is 25.1 Å². The van der Waals surface area contributed by atoms with Gasteiger partial charge in [-0.25, -0.2) is 0 Å². The van der Waals surface area contributed by atoms with E-state index in [4.69, 9.17) is 0 Å². The lowest BCUT2D eigenvalue weighted by Gasteiger charge is -2.10. The number of rotatable bonds is 4. The van der Waals surface area contributed by atoms with Gasteiger partial charge < -0.3 is 10.6 Å². The number of carbonyl (C=O) groups excluding carboxylic acids is 1. The smallest absolute Gasteiger partial charge is 0.230 e. The zero-order valence-electron chi connectivity index (χ0n) is 8.98. The van der Waals surface area contributed by atoms with Crippen molar-refractivity contribution >= 4 is 17.7 Å². The summed E-state index contributed by atoms with van der Waals surface area (Å²) in [6, 6.07) is 4.13. The van der Waals surface area contributed by atoms with Crippen molar-refractivity contribution in [2.45, 2.75) is 17.4 Å². The Balaban J connectivity index is 1.71. The van der Waals surface area contributed by atoms with Gasteiger partial charge in [-0.3, -0.25) is 9.78 Å². The monoisotopic (exact) mass is 237 g/mol. The average molecular weight is 237 g/mol. The van der Waals surface area contributed by atoms with E-state index in [1.807, 2.05) is 12.1 Å². The standard InChI is InChI=1S/C11H15N3OS/c15-11(14-9-1-4-13-7-9)8-16-10-2-5-12-6-3-10/h2-3,5-6,9,13H,1,4,7-8H2,(H,14,15). The van der Waals surface area contributed by atoms with Gasteiger partial charge in [-0.2, -0.15) is 0 Å². The Morgan fingerprint density at radius 2 is 2.38 bits per heavy atom. The molecule has 0 spiro atoms. The van der Waals surface area contributed by atoms with Crippen LogP contribution in [0.2, 0.25) is 0 Å². The third-order valence-corrected chi connectivity index (χ3v) is 3.46. The van der Waals surface area contributed by atoms with Crippen LogP contribution in [-0.2, 0) is 4.79 Å². The predicted molar refractivity (Wildman–Crippen MR) is 64.4 cm³/mol. The summed E-state index contributed by atoms with van der Waals surface area (Å²) in [6.45, 7) is 1.90. The van der Waals surface area contributed by atoms with Crippen LogP contribution >= 0.6 is 11.8 Å². The number of aromatic nitrogens is 1. The summed E-state index contributed by atoms with van der Waals surface area (Å²) in [6.07, 6.45) is 4.51. The van der Waals surface area contributed by atoms with E-state index in [1.54, 1.807) is 12.4 Å². The second-order valence-electron chi connectivity index (χ2n) is 3.73. The molecule has 1 unspecified atom stereocenters. The lowest BCUT2D eigenvalue weighted by molar-refractivity contribution is -0.119. The van der Waals surface area contributed by atoms with Crippen molar-refractivity contribution in [2.24, 2.45) is 0 Å². The fourth-order valence-electron chi connectivity index (χ4n) is 1.63. The molecule has 1 aliphatic heterocycles. The normalized spacial score (nSPS) is 19.6. The minimum atomic E-state index is 0.107. The first kappa shape index (κ1) is 11.4. The number of amides is 1. The molecule has 1 amide bonds. The summed E-state index contributed by atoms with van der Waals surface area (Å²) in [7, 11) is 0. The fourth-order valence-corrected chi connectivity index (χ4v) is 2.33. The molecule has 1 aromatic rings. The van der Waals surface area contributed by atoms with Crippen LogP contribution in [-0.4, -0.2) is 35.8 Å². The third-order valence-electron chi connectivity index (χ3n) is 2.45. The highest BCUT2D eigenvalue weighted by Gasteiger charge is 2.16. The zero-order chi connectivity index (χ0) is 11.2. The minimum Gasteiger partial charge on any atom is -0.351 e. The molecule has 4 nitrogen and oxygen atoms in total. The van der Waals surface area contributed by atoms with Gasteiger partial charge >= 0.3 is 0 Å². The first-order valence-electron chi connectivity index (χ1n) is 5.37. The Labute approximate surface area is 99.2 Å². The highest BCUT2D eigenvalue weighted by atomic mass is 32.2. The van der Waals surface area contributed by atoms with Crippen molar-refractivity contribution in [3.8, 4) is 0 Å². The number of hydrogen-bond donors (Lipinski definition) is 2. The zero-order valence-corrected chi connectivity index (χ0v) is 9.80. The summed E-state index contributed by atoms with van der Waals surface area (Å²) < 4.78 is 0. The van der Waals surface area contributed by atoms with Crippen molar-refractivity contribution in [1.29, 1.82) is 0 Å². The number of carbonyl (C=O) groups is 1. The molecule has 2 rings (SSSR count). The molecule has 0 aromatic carbocycles. The van der Waals surface area contributed by atoms with Gasteiger partial charge in [-0.15, -0.1) is 11.8 Å². The lowest BCUT2D eigenvalue weighted by atomic mass is 10.3. The van der Waals surface area contributed by atoms with Crippen LogP contribution in [0.4, 0.5) is 0 Å². The van der Waals surface area contributed by atoms with Gasteiger partial charge in [0.2, 0.25) is 5.91 Å². The van der Waals surface area contributed by atoms with Crippen LogP contribution < -0.4 is 10.6 Å². The Hall–Kier alpha value is -1.07. The van der Waals surface area contributed by atoms with E-state index in [2.05, 4.69) is 15.6 Å². The SMILES string of the molecule is O=C(CSc1ccncc1)NC1CCNC1. The molecule has 0 saturated carbocycles. The lowest BCUT2D eigenvalue weighted by Crippen LogP contribution is -2.37. The number of pyridine rings is 1. The molecular formula is C11H15N3OS. The van der Waals surface area contributed by atoms with Gasteiger partial charge in [0.15, 0.2) is 0 Å². The molecule has 2 N–H and O–H groups in total. The number of thioether (sulfide) groups is 1. The Kier molecular flexibility index (Phi) is 4.18. The van der Waals surface area contributed by atoms with E-state index in [0.29, 0.717) is 11.8 Å². The van der Waals surface area contributed by atoms with Crippen LogP contribution in [0.15, 0.2) is 29.4 Å². The number of nitrogens with one attached hydrogen (secondary N) is 2. The van der Waals surface area contributed by atoms with E-state index in [9.17, 15) is 4.79 Å². The molecule has 1 atom stereocenters. The van der Waals surface area contributed by atoms with E-state index in [-0.39, 0.29) is 5.91 Å². The van der Waals surface area contributed by atoms with Crippen molar-refractivity contribution in [1.82, 2.24) is 15.6 Å². The molecule has 0 bridgehead atoms. The topological polar surface area (TPSA) is 54.0 Å². The first-order valence-corrected chi connectivity index (χ1v) is 6.36. The van der Waals surface area contributed by atoms with E-state index < -0.39 is 0 Å². The minimum absolute atomic E-state index is 0.107. The summed E-state index contributed by atoms with van der Waals surface area (Å²) in [4.78, 5) is 16.6. The maximum atomic E-state index is 11.6. The summed E-state index contributed by atoms with van der Waals surface area (Å²) in [5.41, 5.74) is 0. The highest BCUT2D eigenvalue weighted by Crippen LogP contribution is 2.15. The fraction of sp³-hybridized carbons (Fsp3) is 0.455. The van der Waals surface area contributed by atoms with Crippen molar-refractivity contribution in [3.05, 3.63) is 24.5 Å². The molecule has 1 saturated heterocycles. The summed E-state index contributed by atoms with van der Waals surface area (Å²) in [5, 5.41) is 6.23. The van der Waals surface area contributed by atoms with Gasteiger partial charge in [0, 0.05) is 29.9 Å². The van der Waals surface area contributed by atoms with Crippen LogP contribution in [0.1, 0.15) is 6.42 Å². The molecule has 1 aliphatic rings. The largest absolute Gasteiger partial charge is 0.351 e. The van der Waals surface area contributed by atoms with Gasteiger partial charge in [0.05, 0.1) is 5.75 Å². The molecule has 5 heteroatoms. The highest BCUT2D eigenvalue weighted by molar-refractivity contribution is 8.00. The Morgan fingerprint density at radius 1 is 1.56 bits per heavy atom. The molecule has 0 aliphatic carbocycles. The number of hydrogen-bond acceptors (Lipinski definition) is 4. The maximum absolute atomic E-state index is 11.6. The molecule has 16 heavy (non-hydrogen) atoms. The van der Waals surface area contributed by atoms with Crippen LogP contribution in [0, 0.1) is 0 Å². The van der Waals surface area contributed by atoms with Gasteiger partial charge in [0.1, 0.15) is 0 Å². The van der Waals surface area contributed by atoms with Crippen LogP contribution in [0.3, 0.4) is 0 Å². The Morgan fingerprint density at radius 3 is 3.06 bits per heavy atom. The molecule has 1 fully saturated rings. The van der Waals surface area contributed by atoms with Gasteiger partial charge in [0.25, 0.3) is 0 Å². The van der Waals surface area contributed by atoms with Crippen molar-refractivity contribution in [2.75, 3.05) is 18.8 Å². The van der Waals surface area contributed by atoms with Crippen LogP contribution in [0.25, 0.3) is 0 Å². The van der Waals surface area contributed by atoms with Crippen LogP contribution in [0.5, 0.6) is 0 Å². The van der Waals surface area contributed by atoms with E-state index in [1.165, 1.54) is 11.8 Å². The second kappa shape index (κ2) is 5.86. The average Bonchev–Trinajstić information content (AvgIpc) is 2.81. The van der Waals surface area contributed by atoms with Gasteiger partial charge in [-0.1, -0.05) is 0 Å². The molecule has 0 radical (unpaired) electrons. The van der Waals surface area contributed by atoms with E-state index >= 15 is 0 Å². The maximum Gasteiger partial charge on any atom is 0.230 e. The third kappa shape index (κ3) is 3.50. The number of nitrogens with zero attached hydrogens (tertiary/aromatic N) is 1. The molecule has 86 valence electrons. The summed E-state index contributed by atoms with van der Waals surface area (Å²) >= 11 is 1.54. The van der Waals surface area contributed by atoms with Crippen molar-refractivity contribution in [3.63, 3.8) is 0 Å². The summed E-state index contributed by atoms with van der Waals surface area (Å²) in [5.74, 6) is 0.580. The molecule has 1 aromatic heterocycles. The predicted octanol–water partition coefficient (Wildman–Crippen LogP) is 0.652. The molecular weight excluding hydrogens is 222 g/mol. The molecule has 2 heterocycles. The first-order chi connectivity index (χ1) is 7.84. The Bertz CT molecular complexity index is 338. The second-order valence-corrected chi connectivity index (χ2v) is 4.78. The quantitative estimate of drug-likeness (QED) is 0.755. The van der Waals surface area contributed by atoms with Crippen molar-refractivity contribution < 1.29 is 4.79 Å². The van der Waals surface area contributed by atoms with E-state index in [0.717, 1.165) is 24.4 Å².